The first-order valence-electron chi connectivity index (χ1n) is 7.25. The standard InChI is InChI=1S/C17H24O4/c1-5-20-15(18)11-10-13-6-8-14(9-7-13)12-16(19)21-17(2,3)4/h6-9H,5,10-12H2,1-4H3. The van der Waals surface area contributed by atoms with Crippen LogP contribution in [0.5, 0.6) is 0 Å². The van der Waals surface area contributed by atoms with Crippen LogP contribution in [0.15, 0.2) is 24.3 Å². The number of aryl methyl sites for hydroxylation is 1. The van der Waals surface area contributed by atoms with E-state index >= 15 is 0 Å². The summed E-state index contributed by atoms with van der Waals surface area (Å²) in [7, 11) is 0. The zero-order valence-electron chi connectivity index (χ0n) is 13.3. The van der Waals surface area contributed by atoms with Gasteiger partial charge in [-0.3, -0.25) is 9.59 Å². The molecule has 1 aromatic carbocycles. The van der Waals surface area contributed by atoms with Crippen molar-refractivity contribution >= 4 is 11.9 Å². The Morgan fingerprint density at radius 2 is 1.57 bits per heavy atom. The smallest absolute Gasteiger partial charge is 0.310 e. The number of carbonyl (C=O) groups is 2. The third-order valence-corrected chi connectivity index (χ3v) is 2.71. The summed E-state index contributed by atoms with van der Waals surface area (Å²) >= 11 is 0. The lowest BCUT2D eigenvalue weighted by Crippen LogP contribution is -2.24. The second-order valence-corrected chi connectivity index (χ2v) is 5.88. The summed E-state index contributed by atoms with van der Waals surface area (Å²) in [6.45, 7) is 7.76. The Labute approximate surface area is 126 Å². The minimum atomic E-state index is -0.462. The number of carbonyl (C=O) groups excluding carboxylic acids is 2. The second kappa shape index (κ2) is 7.81. The molecule has 116 valence electrons. The Morgan fingerprint density at radius 1 is 1.00 bits per heavy atom. The zero-order chi connectivity index (χ0) is 15.9. The number of ether oxygens (including phenoxy) is 2. The normalized spacial score (nSPS) is 11.0. The van der Waals surface area contributed by atoms with E-state index in [4.69, 9.17) is 9.47 Å². The third-order valence-electron chi connectivity index (χ3n) is 2.71. The Bertz CT molecular complexity index is 469. The maximum atomic E-state index is 11.7. The second-order valence-electron chi connectivity index (χ2n) is 5.88. The molecule has 0 aliphatic heterocycles. The van der Waals surface area contributed by atoms with Crippen molar-refractivity contribution in [3.05, 3.63) is 35.4 Å². The van der Waals surface area contributed by atoms with Crippen LogP contribution in [0.25, 0.3) is 0 Å². The van der Waals surface area contributed by atoms with E-state index in [0.717, 1.165) is 11.1 Å². The zero-order valence-corrected chi connectivity index (χ0v) is 13.3. The highest BCUT2D eigenvalue weighted by molar-refractivity contribution is 5.73. The first-order chi connectivity index (χ1) is 9.80. The Kier molecular flexibility index (Phi) is 6.40. The van der Waals surface area contributed by atoms with Gasteiger partial charge in [-0.15, -0.1) is 0 Å². The molecule has 0 aliphatic rings. The van der Waals surface area contributed by atoms with Crippen LogP contribution in [0, 0.1) is 0 Å². The number of benzene rings is 1. The van der Waals surface area contributed by atoms with Crippen LogP contribution in [-0.4, -0.2) is 24.1 Å². The molecule has 4 nitrogen and oxygen atoms in total. The van der Waals surface area contributed by atoms with E-state index < -0.39 is 5.60 Å². The lowest BCUT2D eigenvalue weighted by atomic mass is 10.1. The van der Waals surface area contributed by atoms with Crippen molar-refractivity contribution in [3.63, 3.8) is 0 Å². The van der Waals surface area contributed by atoms with Crippen LogP contribution in [0.3, 0.4) is 0 Å². The number of hydrogen-bond acceptors (Lipinski definition) is 4. The van der Waals surface area contributed by atoms with Gasteiger partial charge in [0.1, 0.15) is 5.60 Å². The topological polar surface area (TPSA) is 52.6 Å². The summed E-state index contributed by atoms with van der Waals surface area (Å²) in [6.07, 6.45) is 1.28. The van der Waals surface area contributed by atoms with Gasteiger partial charge in [-0.25, -0.2) is 0 Å². The quantitative estimate of drug-likeness (QED) is 0.756. The van der Waals surface area contributed by atoms with Gasteiger partial charge in [-0.1, -0.05) is 24.3 Å². The van der Waals surface area contributed by atoms with Gasteiger partial charge in [-0.2, -0.15) is 0 Å². The first kappa shape index (κ1) is 17.2. The molecule has 0 N–H and O–H groups in total. The molecule has 0 amide bonds. The Balaban J connectivity index is 2.47. The van der Waals surface area contributed by atoms with Gasteiger partial charge >= 0.3 is 11.9 Å². The van der Waals surface area contributed by atoms with Crippen LogP contribution in [0.1, 0.15) is 45.2 Å². The molecule has 1 aromatic rings. The van der Waals surface area contributed by atoms with Crippen LogP contribution < -0.4 is 0 Å². The molecule has 4 heteroatoms. The van der Waals surface area contributed by atoms with Gasteiger partial charge in [0.2, 0.25) is 0 Å². The van der Waals surface area contributed by atoms with Crippen LogP contribution in [-0.2, 0) is 31.9 Å². The van der Waals surface area contributed by atoms with Crippen LogP contribution >= 0.6 is 0 Å². The first-order valence-corrected chi connectivity index (χ1v) is 7.25. The van der Waals surface area contributed by atoms with Crippen molar-refractivity contribution in [3.8, 4) is 0 Å². The fourth-order valence-corrected chi connectivity index (χ4v) is 1.85. The summed E-state index contributed by atoms with van der Waals surface area (Å²) in [5.41, 5.74) is 1.50. The summed E-state index contributed by atoms with van der Waals surface area (Å²) in [6, 6.07) is 7.65. The van der Waals surface area contributed by atoms with Gasteiger partial charge < -0.3 is 9.47 Å². The molecule has 0 fully saturated rings. The molecular formula is C17H24O4. The van der Waals surface area contributed by atoms with E-state index in [1.54, 1.807) is 6.92 Å². The molecule has 0 unspecified atom stereocenters. The van der Waals surface area contributed by atoms with Gasteiger partial charge in [0.25, 0.3) is 0 Å². The summed E-state index contributed by atoms with van der Waals surface area (Å²) < 4.78 is 10.2. The molecule has 21 heavy (non-hydrogen) atoms. The highest BCUT2D eigenvalue weighted by atomic mass is 16.6. The summed E-state index contributed by atoms with van der Waals surface area (Å²) in [5, 5.41) is 0. The lowest BCUT2D eigenvalue weighted by molar-refractivity contribution is -0.154. The maximum Gasteiger partial charge on any atom is 0.310 e. The largest absolute Gasteiger partial charge is 0.466 e. The molecule has 0 spiro atoms. The fraction of sp³-hybridized carbons (Fsp3) is 0.529. The van der Waals surface area contributed by atoms with Crippen molar-refractivity contribution in [1.82, 2.24) is 0 Å². The van der Waals surface area contributed by atoms with Gasteiger partial charge in [0.15, 0.2) is 0 Å². The van der Waals surface area contributed by atoms with E-state index in [1.165, 1.54) is 0 Å². The highest BCUT2D eigenvalue weighted by Crippen LogP contribution is 2.12. The predicted octanol–water partition coefficient (Wildman–Crippen LogP) is 3.07. The average Bonchev–Trinajstić information content (AvgIpc) is 2.36. The van der Waals surface area contributed by atoms with Crippen molar-refractivity contribution in [2.45, 2.75) is 52.6 Å². The van der Waals surface area contributed by atoms with Crippen molar-refractivity contribution in [2.24, 2.45) is 0 Å². The van der Waals surface area contributed by atoms with Gasteiger partial charge in [0, 0.05) is 6.42 Å². The summed E-state index contributed by atoms with van der Waals surface area (Å²) in [4.78, 5) is 23.0. The molecular weight excluding hydrogens is 268 g/mol. The SMILES string of the molecule is CCOC(=O)CCc1ccc(CC(=O)OC(C)(C)C)cc1. The summed E-state index contributed by atoms with van der Waals surface area (Å²) in [5.74, 6) is -0.419. The molecule has 0 radical (unpaired) electrons. The van der Waals surface area contributed by atoms with E-state index in [9.17, 15) is 9.59 Å². The van der Waals surface area contributed by atoms with Crippen LogP contribution in [0.2, 0.25) is 0 Å². The lowest BCUT2D eigenvalue weighted by Gasteiger charge is -2.19. The average molecular weight is 292 g/mol. The van der Waals surface area contributed by atoms with E-state index in [2.05, 4.69) is 0 Å². The fourth-order valence-electron chi connectivity index (χ4n) is 1.85. The third kappa shape index (κ3) is 7.49. The monoisotopic (exact) mass is 292 g/mol. The molecule has 1 rings (SSSR count). The molecule has 0 saturated heterocycles. The van der Waals surface area contributed by atoms with Crippen molar-refractivity contribution < 1.29 is 19.1 Å². The predicted molar refractivity (Wildman–Crippen MR) is 80.9 cm³/mol. The van der Waals surface area contributed by atoms with Gasteiger partial charge in [-0.05, 0) is 45.2 Å². The van der Waals surface area contributed by atoms with Crippen molar-refractivity contribution in [2.75, 3.05) is 6.61 Å². The molecule has 0 bridgehead atoms. The van der Waals surface area contributed by atoms with E-state index in [-0.39, 0.29) is 18.4 Å². The van der Waals surface area contributed by atoms with E-state index in [0.29, 0.717) is 19.4 Å². The van der Waals surface area contributed by atoms with Crippen LogP contribution in [0.4, 0.5) is 0 Å². The van der Waals surface area contributed by atoms with E-state index in [1.807, 2.05) is 45.0 Å². The molecule has 0 heterocycles. The van der Waals surface area contributed by atoms with Crippen molar-refractivity contribution in [1.29, 1.82) is 0 Å². The highest BCUT2D eigenvalue weighted by Gasteiger charge is 2.16. The van der Waals surface area contributed by atoms with Gasteiger partial charge in [0.05, 0.1) is 13.0 Å². The minimum Gasteiger partial charge on any atom is -0.466 e. The number of esters is 2. The number of hydrogen-bond donors (Lipinski definition) is 0. The maximum absolute atomic E-state index is 11.7. The molecule has 0 aliphatic carbocycles. The number of rotatable bonds is 6. The minimum absolute atomic E-state index is 0.185. The Morgan fingerprint density at radius 3 is 2.10 bits per heavy atom. The molecule has 0 atom stereocenters. The molecule has 0 aromatic heterocycles. The Hall–Kier alpha value is -1.84. The molecule has 0 saturated carbocycles.